The molecule has 0 aromatic heterocycles. The Kier molecular flexibility index (Phi) is 7.73. The summed E-state index contributed by atoms with van der Waals surface area (Å²) in [5.41, 5.74) is 2.61. The number of ether oxygens (including phenoxy) is 2. The molecule has 1 saturated heterocycles. The summed E-state index contributed by atoms with van der Waals surface area (Å²) < 4.78 is 12.1. The van der Waals surface area contributed by atoms with E-state index in [0.29, 0.717) is 23.7 Å². The fourth-order valence-corrected chi connectivity index (χ4v) is 4.66. The Hall–Kier alpha value is -2.65. The number of likely N-dealkylation sites (N-methyl/N-ethyl adjacent to an activating group) is 1. The number of amides is 2. The molecule has 2 aromatic rings. The summed E-state index contributed by atoms with van der Waals surface area (Å²) in [6.07, 6.45) is -0.460. The molecule has 9 heteroatoms. The van der Waals surface area contributed by atoms with Gasteiger partial charge in [0, 0.05) is 28.7 Å². The monoisotopic (exact) mass is 487 g/mol. The molecule has 1 fully saturated rings. The summed E-state index contributed by atoms with van der Waals surface area (Å²) in [7, 11) is 3.67. The lowest BCUT2D eigenvalue weighted by Gasteiger charge is -2.37. The lowest BCUT2D eigenvalue weighted by molar-refractivity contribution is -0.142. The number of rotatable bonds is 8. The van der Waals surface area contributed by atoms with Crippen LogP contribution in [-0.4, -0.2) is 67.4 Å². The standard InChI is InChI=1S/C25H30ClN3O5/c1-29(2)13-24(32)28-17-7-8-21-19(9-17)20-10-18(33-22(14-30)25(20)34-21)11-23(31)27-12-15-3-5-16(26)6-4-15/h3-9,18,20,22,25,30H,10-14H2,1-2H3,(H,27,31)(H,28,32)/t18-,20+,22+,25-/m0/s1. The van der Waals surface area contributed by atoms with Gasteiger partial charge in [0.25, 0.3) is 0 Å². The molecule has 0 saturated carbocycles. The van der Waals surface area contributed by atoms with Crippen LogP contribution in [0.5, 0.6) is 5.75 Å². The van der Waals surface area contributed by atoms with Crippen LogP contribution in [-0.2, 0) is 20.9 Å². The minimum atomic E-state index is -0.535. The Bertz CT molecular complexity index is 1030. The van der Waals surface area contributed by atoms with Crippen molar-refractivity contribution in [3.05, 3.63) is 58.6 Å². The third kappa shape index (κ3) is 5.88. The van der Waals surface area contributed by atoms with E-state index in [2.05, 4.69) is 10.6 Å². The normalized spacial score (nSPS) is 23.1. The zero-order valence-corrected chi connectivity index (χ0v) is 20.0. The van der Waals surface area contributed by atoms with Gasteiger partial charge >= 0.3 is 0 Å². The van der Waals surface area contributed by atoms with Gasteiger partial charge in [0.2, 0.25) is 11.8 Å². The number of nitrogens with zero attached hydrogens (tertiary/aromatic N) is 1. The van der Waals surface area contributed by atoms with Crippen LogP contribution in [0.4, 0.5) is 5.69 Å². The van der Waals surface area contributed by atoms with Crippen molar-refractivity contribution in [2.75, 3.05) is 32.6 Å². The van der Waals surface area contributed by atoms with Gasteiger partial charge in [0.05, 0.1) is 25.7 Å². The van der Waals surface area contributed by atoms with E-state index in [0.717, 1.165) is 16.9 Å². The van der Waals surface area contributed by atoms with E-state index in [1.165, 1.54) is 0 Å². The summed E-state index contributed by atoms with van der Waals surface area (Å²) in [5.74, 6) is 0.450. The Morgan fingerprint density at radius 1 is 1.15 bits per heavy atom. The van der Waals surface area contributed by atoms with Crippen molar-refractivity contribution >= 4 is 29.1 Å². The molecule has 2 aromatic carbocycles. The predicted octanol–water partition coefficient (Wildman–Crippen LogP) is 2.54. The van der Waals surface area contributed by atoms with Gasteiger partial charge in [-0.2, -0.15) is 0 Å². The number of nitrogens with one attached hydrogen (secondary N) is 2. The molecule has 0 radical (unpaired) electrons. The average molecular weight is 488 g/mol. The minimum Gasteiger partial charge on any atom is -0.487 e. The number of aliphatic hydroxyl groups excluding tert-OH is 1. The quantitative estimate of drug-likeness (QED) is 0.529. The summed E-state index contributed by atoms with van der Waals surface area (Å²) >= 11 is 5.91. The van der Waals surface area contributed by atoms with Crippen LogP contribution < -0.4 is 15.4 Å². The van der Waals surface area contributed by atoms with Crippen molar-refractivity contribution in [1.29, 1.82) is 0 Å². The number of anilines is 1. The first kappa shape index (κ1) is 24.5. The van der Waals surface area contributed by atoms with Crippen LogP contribution in [0.25, 0.3) is 0 Å². The Balaban J connectivity index is 1.41. The zero-order chi connectivity index (χ0) is 24.2. The maximum absolute atomic E-state index is 12.6. The third-order valence-electron chi connectivity index (χ3n) is 6.06. The van der Waals surface area contributed by atoms with E-state index in [1.54, 1.807) is 23.1 Å². The molecule has 4 rings (SSSR count). The highest BCUT2D eigenvalue weighted by Crippen LogP contribution is 2.47. The summed E-state index contributed by atoms with van der Waals surface area (Å²) in [6, 6.07) is 12.9. The Morgan fingerprint density at radius 3 is 2.62 bits per heavy atom. The van der Waals surface area contributed by atoms with Crippen molar-refractivity contribution in [2.24, 2.45) is 0 Å². The van der Waals surface area contributed by atoms with Crippen LogP contribution in [0.2, 0.25) is 5.02 Å². The fourth-order valence-electron chi connectivity index (χ4n) is 4.54. The molecule has 34 heavy (non-hydrogen) atoms. The molecule has 4 atom stereocenters. The van der Waals surface area contributed by atoms with Crippen molar-refractivity contribution in [2.45, 2.75) is 43.6 Å². The lowest BCUT2D eigenvalue weighted by atomic mass is 9.84. The van der Waals surface area contributed by atoms with Gasteiger partial charge < -0.3 is 30.1 Å². The minimum absolute atomic E-state index is 0.0410. The van der Waals surface area contributed by atoms with E-state index < -0.39 is 6.10 Å². The highest BCUT2D eigenvalue weighted by molar-refractivity contribution is 6.30. The molecule has 2 heterocycles. The molecule has 2 aliphatic heterocycles. The maximum Gasteiger partial charge on any atom is 0.238 e. The van der Waals surface area contributed by atoms with Crippen LogP contribution in [0, 0.1) is 0 Å². The largest absolute Gasteiger partial charge is 0.487 e. The molecular weight excluding hydrogens is 458 g/mol. The number of fused-ring (bicyclic) bond motifs is 3. The van der Waals surface area contributed by atoms with Crippen molar-refractivity contribution in [3.63, 3.8) is 0 Å². The van der Waals surface area contributed by atoms with E-state index >= 15 is 0 Å². The number of hydrogen-bond acceptors (Lipinski definition) is 6. The number of halogens is 1. The van der Waals surface area contributed by atoms with Gasteiger partial charge in [-0.15, -0.1) is 0 Å². The molecule has 2 aliphatic rings. The number of benzene rings is 2. The van der Waals surface area contributed by atoms with E-state index in [4.69, 9.17) is 21.1 Å². The first-order valence-corrected chi connectivity index (χ1v) is 11.7. The van der Waals surface area contributed by atoms with E-state index in [9.17, 15) is 14.7 Å². The van der Waals surface area contributed by atoms with Crippen LogP contribution in [0.1, 0.15) is 29.9 Å². The number of carbonyl (C=O) groups is 2. The second-order valence-electron chi connectivity index (χ2n) is 9.05. The maximum atomic E-state index is 12.6. The number of aliphatic hydroxyl groups is 1. The van der Waals surface area contributed by atoms with Crippen molar-refractivity contribution in [3.8, 4) is 5.75 Å². The van der Waals surface area contributed by atoms with Crippen molar-refractivity contribution in [1.82, 2.24) is 10.2 Å². The summed E-state index contributed by atoms with van der Waals surface area (Å²) in [6.45, 7) is 0.484. The highest BCUT2D eigenvalue weighted by atomic mass is 35.5. The van der Waals surface area contributed by atoms with Gasteiger partial charge in [-0.3, -0.25) is 9.59 Å². The third-order valence-corrected chi connectivity index (χ3v) is 6.31. The average Bonchev–Trinajstić information content (AvgIpc) is 3.15. The molecule has 3 N–H and O–H groups in total. The summed E-state index contributed by atoms with van der Waals surface area (Å²) in [4.78, 5) is 26.6. The van der Waals surface area contributed by atoms with Gasteiger partial charge in [0.15, 0.2) is 0 Å². The molecule has 0 bridgehead atoms. The second-order valence-corrected chi connectivity index (χ2v) is 9.49. The second kappa shape index (κ2) is 10.7. The number of carbonyl (C=O) groups excluding carboxylic acids is 2. The highest BCUT2D eigenvalue weighted by Gasteiger charge is 2.46. The molecular formula is C25H30ClN3O5. The molecule has 8 nitrogen and oxygen atoms in total. The molecule has 0 unspecified atom stereocenters. The van der Waals surface area contributed by atoms with Gasteiger partial charge in [-0.1, -0.05) is 23.7 Å². The SMILES string of the molecule is CN(C)CC(=O)Nc1ccc2c(c1)[C@H]1C[C@@H](CC(=O)NCc3ccc(Cl)cc3)O[C@H](CO)[C@H]1O2. The smallest absolute Gasteiger partial charge is 0.238 e. The van der Waals surface area contributed by atoms with Gasteiger partial charge in [-0.05, 0) is 56.4 Å². The van der Waals surface area contributed by atoms with Gasteiger partial charge in [-0.25, -0.2) is 0 Å². The predicted molar refractivity (Wildman–Crippen MR) is 129 cm³/mol. The Morgan fingerprint density at radius 2 is 1.91 bits per heavy atom. The van der Waals surface area contributed by atoms with Crippen LogP contribution >= 0.6 is 11.6 Å². The van der Waals surface area contributed by atoms with Crippen molar-refractivity contribution < 1.29 is 24.2 Å². The topological polar surface area (TPSA) is 100 Å². The molecule has 0 spiro atoms. The fraction of sp³-hybridized carbons (Fsp3) is 0.440. The molecule has 182 valence electrons. The first-order chi connectivity index (χ1) is 16.3. The van der Waals surface area contributed by atoms with E-state index in [-0.39, 0.29) is 49.5 Å². The molecule has 0 aliphatic carbocycles. The van der Waals surface area contributed by atoms with Gasteiger partial charge in [0.1, 0.15) is 18.0 Å². The van der Waals surface area contributed by atoms with Crippen LogP contribution in [0.3, 0.4) is 0 Å². The number of hydrogen-bond donors (Lipinski definition) is 3. The Labute approximate surface area is 204 Å². The van der Waals surface area contributed by atoms with E-state index in [1.807, 2.05) is 38.4 Å². The first-order valence-electron chi connectivity index (χ1n) is 11.3. The zero-order valence-electron chi connectivity index (χ0n) is 19.3. The molecule has 2 amide bonds. The summed E-state index contributed by atoms with van der Waals surface area (Å²) in [5, 5.41) is 16.4. The lowest BCUT2D eigenvalue weighted by Crippen LogP contribution is -2.47. The van der Waals surface area contributed by atoms with Crippen LogP contribution in [0.15, 0.2) is 42.5 Å².